The zero-order valence-corrected chi connectivity index (χ0v) is 13.7. The molecule has 2 saturated heterocycles. The molecule has 126 valence electrons. The number of hydrogen-bond acceptors (Lipinski definition) is 4. The first-order valence-corrected chi connectivity index (χ1v) is 8.79. The van der Waals surface area contributed by atoms with Crippen molar-refractivity contribution in [3.8, 4) is 0 Å². The van der Waals surface area contributed by atoms with Crippen LogP contribution < -0.4 is 15.5 Å². The predicted molar refractivity (Wildman–Crippen MR) is 93.0 cm³/mol. The van der Waals surface area contributed by atoms with E-state index in [1.165, 1.54) is 19.3 Å². The average molecular weight is 317 g/mol. The fourth-order valence-corrected chi connectivity index (χ4v) is 3.34. The minimum atomic E-state index is 0.00690. The first kappa shape index (κ1) is 16.3. The number of anilines is 2. The number of hydrogen-bond donors (Lipinski definition) is 2. The largest absolute Gasteiger partial charge is 0.377 e. The van der Waals surface area contributed by atoms with Gasteiger partial charge in [0.25, 0.3) is 0 Å². The van der Waals surface area contributed by atoms with Crippen LogP contribution in [0.15, 0.2) is 24.3 Å². The van der Waals surface area contributed by atoms with Crippen molar-refractivity contribution in [2.45, 2.75) is 38.2 Å². The standard InChI is InChI=1S/C18H27N3O2/c22-18(14-19-13-15-7-6-12-23-15)20-16-8-2-3-9-17(16)21-10-4-1-5-11-21/h2-3,8-9,15,19H,1,4-7,10-14H2,(H,20,22)/t15-/m0/s1. The van der Waals surface area contributed by atoms with E-state index in [1.54, 1.807) is 0 Å². The Morgan fingerprint density at radius 3 is 2.78 bits per heavy atom. The Balaban J connectivity index is 1.51. The van der Waals surface area contributed by atoms with Gasteiger partial charge in [0.05, 0.1) is 24.0 Å². The lowest BCUT2D eigenvalue weighted by molar-refractivity contribution is -0.115. The first-order chi connectivity index (χ1) is 11.3. The molecule has 23 heavy (non-hydrogen) atoms. The summed E-state index contributed by atoms with van der Waals surface area (Å²) in [6.45, 7) is 4.07. The molecular formula is C18H27N3O2. The number of nitrogens with one attached hydrogen (secondary N) is 2. The van der Waals surface area contributed by atoms with E-state index >= 15 is 0 Å². The van der Waals surface area contributed by atoms with Crippen LogP contribution >= 0.6 is 0 Å². The van der Waals surface area contributed by atoms with Gasteiger partial charge in [-0.3, -0.25) is 4.79 Å². The fourth-order valence-electron chi connectivity index (χ4n) is 3.34. The van der Waals surface area contributed by atoms with Gasteiger partial charge in [0.15, 0.2) is 0 Å². The molecule has 2 aliphatic rings. The van der Waals surface area contributed by atoms with Gasteiger partial charge in [-0.05, 0) is 44.2 Å². The maximum absolute atomic E-state index is 12.2. The Morgan fingerprint density at radius 2 is 2.00 bits per heavy atom. The fraction of sp³-hybridized carbons (Fsp3) is 0.611. The summed E-state index contributed by atoms with van der Waals surface area (Å²) >= 11 is 0. The van der Waals surface area contributed by atoms with Crippen LogP contribution in [0.5, 0.6) is 0 Å². The molecule has 0 aromatic heterocycles. The SMILES string of the molecule is O=C(CNC[C@@H]1CCCO1)Nc1ccccc1N1CCCCC1. The molecule has 1 aromatic rings. The van der Waals surface area contributed by atoms with Crippen LogP contribution in [-0.2, 0) is 9.53 Å². The van der Waals surface area contributed by atoms with Crippen molar-refractivity contribution in [3.63, 3.8) is 0 Å². The van der Waals surface area contributed by atoms with Gasteiger partial charge in [-0.2, -0.15) is 0 Å². The molecule has 0 bridgehead atoms. The third-order valence-corrected chi connectivity index (χ3v) is 4.56. The van der Waals surface area contributed by atoms with Gasteiger partial charge in [0.2, 0.25) is 5.91 Å². The normalized spacial score (nSPS) is 21.4. The number of carbonyl (C=O) groups is 1. The van der Waals surface area contributed by atoms with Crippen LogP contribution in [0.2, 0.25) is 0 Å². The zero-order valence-electron chi connectivity index (χ0n) is 13.7. The Morgan fingerprint density at radius 1 is 1.17 bits per heavy atom. The molecule has 0 unspecified atom stereocenters. The molecular weight excluding hydrogens is 290 g/mol. The summed E-state index contributed by atoms with van der Waals surface area (Å²) in [5.74, 6) is 0.00690. The Labute approximate surface area is 138 Å². The number of ether oxygens (including phenoxy) is 1. The number of amides is 1. The van der Waals surface area contributed by atoms with E-state index in [9.17, 15) is 4.79 Å². The van der Waals surface area contributed by atoms with Crippen LogP contribution in [0.3, 0.4) is 0 Å². The van der Waals surface area contributed by atoms with Crippen LogP contribution in [0, 0.1) is 0 Å². The highest BCUT2D eigenvalue weighted by molar-refractivity contribution is 5.95. The minimum Gasteiger partial charge on any atom is -0.377 e. The molecule has 2 aliphatic heterocycles. The highest BCUT2D eigenvalue weighted by atomic mass is 16.5. The van der Waals surface area contributed by atoms with Crippen LogP contribution in [-0.4, -0.2) is 44.8 Å². The van der Waals surface area contributed by atoms with Gasteiger partial charge in [-0.1, -0.05) is 12.1 Å². The summed E-state index contributed by atoms with van der Waals surface area (Å²) in [7, 11) is 0. The molecule has 1 amide bonds. The summed E-state index contributed by atoms with van der Waals surface area (Å²) in [5.41, 5.74) is 2.05. The van der Waals surface area contributed by atoms with Crippen molar-refractivity contribution in [1.82, 2.24) is 5.32 Å². The van der Waals surface area contributed by atoms with E-state index in [2.05, 4.69) is 21.6 Å². The van der Waals surface area contributed by atoms with Crippen molar-refractivity contribution >= 4 is 17.3 Å². The van der Waals surface area contributed by atoms with Gasteiger partial charge < -0.3 is 20.3 Å². The molecule has 5 nitrogen and oxygen atoms in total. The maximum atomic E-state index is 12.2. The number of carbonyl (C=O) groups excluding carboxylic acids is 1. The second-order valence-corrected chi connectivity index (χ2v) is 6.38. The number of piperidine rings is 1. The summed E-state index contributed by atoms with van der Waals surface area (Å²) in [6.07, 6.45) is 6.24. The summed E-state index contributed by atoms with van der Waals surface area (Å²) in [5, 5.41) is 6.25. The van der Waals surface area contributed by atoms with Crippen LogP contribution in [0.4, 0.5) is 11.4 Å². The molecule has 2 N–H and O–H groups in total. The number of para-hydroxylation sites is 2. The summed E-state index contributed by atoms with van der Waals surface area (Å²) in [6, 6.07) is 8.10. The third-order valence-electron chi connectivity index (χ3n) is 4.56. The molecule has 2 heterocycles. The smallest absolute Gasteiger partial charge is 0.238 e. The van der Waals surface area contributed by atoms with Crippen molar-refractivity contribution < 1.29 is 9.53 Å². The van der Waals surface area contributed by atoms with Crippen LogP contribution in [0.1, 0.15) is 32.1 Å². The Kier molecular flexibility index (Phi) is 5.88. The quantitative estimate of drug-likeness (QED) is 0.846. The molecule has 2 fully saturated rings. The van der Waals surface area contributed by atoms with Crippen molar-refractivity contribution in [1.29, 1.82) is 0 Å². The molecule has 0 spiro atoms. The second-order valence-electron chi connectivity index (χ2n) is 6.38. The Hall–Kier alpha value is -1.59. The van der Waals surface area contributed by atoms with Crippen molar-refractivity contribution in [2.24, 2.45) is 0 Å². The summed E-state index contributed by atoms with van der Waals surface area (Å²) < 4.78 is 5.55. The minimum absolute atomic E-state index is 0.00690. The lowest BCUT2D eigenvalue weighted by atomic mass is 10.1. The molecule has 1 atom stereocenters. The molecule has 5 heteroatoms. The molecule has 1 aromatic carbocycles. The van der Waals surface area contributed by atoms with E-state index in [0.29, 0.717) is 6.54 Å². The molecule has 0 radical (unpaired) electrons. The lowest BCUT2D eigenvalue weighted by Crippen LogP contribution is -2.34. The number of nitrogens with zero attached hydrogens (tertiary/aromatic N) is 1. The number of rotatable bonds is 6. The van der Waals surface area contributed by atoms with Crippen molar-refractivity contribution in [2.75, 3.05) is 43.0 Å². The molecule has 0 saturated carbocycles. The highest BCUT2D eigenvalue weighted by Crippen LogP contribution is 2.28. The summed E-state index contributed by atoms with van der Waals surface area (Å²) in [4.78, 5) is 14.6. The average Bonchev–Trinajstić information content (AvgIpc) is 3.09. The number of benzene rings is 1. The monoisotopic (exact) mass is 317 g/mol. The third kappa shape index (κ3) is 4.69. The van der Waals surface area contributed by atoms with E-state index in [-0.39, 0.29) is 12.0 Å². The van der Waals surface area contributed by atoms with E-state index in [0.717, 1.165) is 50.5 Å². The first-order valence-electron chi connectivity index (χ1n) is 8.79. The van der Waals surface area contributed by atoms with E-state index in [1.807, 2.05) is 18.2 Å². The van der Waals surface area contributed by atoms with Gasteiger partial charge in [-0.25, -0.2) is 0 Å². The highest BCUT2D eigenvalue weighted by Gasteiger charge is 2.17. The molecule has 0 aliphatic carbocycles. The maximum Gasteiger partial charge on any atom is 0.238 e. The van der Waals surface area contributed by atoms with Gasteiger partial charge >= 0.3 is 0 Å². The molecule has 3 rings (SSSR count). The predicted octanol–water partition coefficient (Wildman–Crippen LogP) is 2.38. The van der Waals surface area contributed by atoms with E-state index in [4.69, 9.17) is 4.74 Å². The zero-order chi connectivity index (χ0) is 15.9. The Bertz CT molecular complexity index is 509. The van der Waals surface area contributed by atoms with Gasteiger partial charge in [-0.15, -0.1) is 0 Å². The van der Waals surface area contributed by atoms with Gasteiger partial charge in [0.1, 0.15) is 0 Å². The lowest BCUT2D eigenvalue weighted by Gasteiger charge is -2.30. The second kappa shape index (κ2) is 8.31. The van der Waals surface area contributed by atoms with Gasteiger partial charge in [0, 0.05) is 26.2 Å². The topological polar surface area (TPSA) is 53.6 Å². The van der Waals surface area contributed by atoms with Crippen molar-refractivity contribution in [3.05, 3.63) is 24.3 Å². The van der Waals surface area contributed by atoms with E-state index < -0.39 is 0 Å². The van der Waals surface area contributed by atoms with Crippen LogP contribution in [0.25, 0.3) is 0 Å².